The molecule has 0 aliphatic rings. The third-order valence-electron chi connectivity index (χ3n) is 0.787. The third-order valence-corrected chi connectivity index (χ3v) is 2.13. The molecule has 0 atom stereocenters. The summed E-state index contributed by atoms with van der Waals surface area (Å²) >= 11 is 4.32. The highest BCUT2D eigenvalue weighted by molar-refractivity contribution is 14.1. The molecule has 0 saturated heterocycles. The van der Waals surface area contributed by atoms with E-state index in [-0.39, 0.29) is 0 Å². The van der Waals surface area contributed by atoms with E-state index in [1.807, 2.05) is 31.2 Å². The van der Waals surface area contributed by atoms with E-state index in [1.54, 1.807) is 0 Å². The van der Waals surface area contributed by atoms with Crippen LogP contribution in [0.1, 0.15) is 6.92 Å². The minimum Gasteiger partial charge on any atom is -0.394 e. The summed E-state index contributed by atoms with van der Waals surface area (Å²) in [5.41, 5.74) is 5.39. The Morgan fingerprint density at radius 1 is 1.40 bits per heavy atom. The van der Waals surface area contributed by atoms with Crippen LogP contribution in [-0.2, 0) is 0 Å². The first-order valence-corrected chi connectivity index (χ1v) is 4.93. The number of nitrogens with two attached hydrogens (primary N) is 1. The standard InChI is InChI=1S/C7H9I2N/c1-2-6(8)4-3-5-7(9)10/h2-5H,10H2,1H3/b4-3-,6-2+,7-5-. The molecule has 0 saturated carbocycles. The molecule has 0 aromatic carbocycles. The monoisotopic (exact) mass is 361 g/mol. The summed E-state index contributed by atoms with van der Waals surface area (Å²) in [7, 11) is 0. The van der Waals surface area contributed by atoms with Gasteiger partial charge in [-0.3, -0.25) is 0 Å². The van der Waals surface area contributed by atoms with Gasteiger partial charge in [0.25, 0.3) is 0 Å². The van der Waals surface area contributed by atoms with Gasteiger partial charge in [-0.15, -0.1) is 0 Å². The molecule has 0 aliphatic heterocycles. The Bertz CT molecular complexity index is 176. The largest absolute Gasteiger partial charge is 0.394 e. The predicted molar refractivity (Wildman–Crippen MR) is 63.2 cm³/mol. The summed E-state index contributed by atoms with van der Waals surface area (Å²) in [5, 5.41) is 0. The SMILES string of the molecule is C\C=C(I)/C=C\C=C(/N)I. The van der Waals surface area contributed by atoms with Crippen molar-refractivity contribution in [2.45, 2.75) is 6.92 Å². The molecule has 0 amide bonds. The predicted octanol–water partition coefficient (Wildman–Crippen LogP) is 3.12. The van der Waals surface area contributed by atoms with Gasteiger partial charge in [-0.25, -0.2) is 0 Å². The van der Waals surface area contributed by atoms with Gasteiger partial charge in [-0.2, -0.15) is 0 Å². The summed E-state index contributed by atoms with van der Waals surface area (Å²) in [4.78, 5) is 0. The molecule has 0 aliphatic carbocycles. The van der Waals surface area contributed by atoms with Crippen molar-refractivity contribution in [2.24, 2.45) is 5.73 Å². The van der Waals surface area contributed by atoms with Gasteiger partial charge in [-0.1, -0.05) is 12.2 Å². The first-order chi connectivity index (χ1) is 4.66. The van der Waals surface area contributed by atoms with E-state index in [2.05, 4.69) is 45.2 Å². The van der Waals surface area contributed by atoms with Gasteiger partial charge < -0.3 is 5.73 Å². The Morgan fingerprint density at radius 3 is 2.40 bits per heavy atom. The van der Waals surface area contributed by atoms with Crippen LogP contribution in [-0.4, -0.2) is 0 Å². The molecule has 0 aromatic rings. The lowest BCUT2D eigenvalue weighted by Gasteiger charge is -1.83. The molecular formula is C7H9I2N. The Hall–Kier alpha value is 0.480. The Labute approximate surface area is 88.7 Å². The average Bonchev–Trinajstić information content (AvgIpc) is 1.87. The maximum atomic E-state index is 5.39. The number of hydrogen-bond donors (Lipinski definition) is 1. The Balaban J connectivity index is 3.90. The zero-order valence-corrected chi connectivity index (χ0v) is 9.96. The minimum absolute atomic E-state index is 0.800. The molecule has 0 radical (unpaired) electrons. The fraction of sp³-hybridized carbons (Fsp3) is 0.143. The van der Waals surface area contributed by atoms with Crippen molar-refractivity contribution in [3.8, 4) is 0 Å². The minimum atomic E-state index is 0.800. The number of hydrogen-bond acceptors (Lipinski definition) is 1. The molecule has 1 nitrogen and oxygen atoms in total. The molecular weight excluding hydrogens is 352 g/mol. The smallest absolute Gasteiger partial charge is 0.0705 e. The summed E-state index contributed by atoms with van der Waals surface area (Å²) in [6.07, 6.45) is 7.84. The fourth-order valence-electron chi connectivity index (χ4n) is 0.328. The maximum absolute atomic E-state index is 5.39. The van der Waals surface area contributed by atoms with E-state index in [0.29, 0.717) is 0 Å². The second kappa shape index (κ2) is 6.21. The zero-order chi connectivity index (χ0) is 7.98. The van der Waals surface area contributed by atoms with E-state index >= 15 is 0 Å². The molecule has 3 heteroatoms. The lowest BCUT2D eigenvalue weighted by molar-refractivity contribution is 1.58. The second-order valence-corrected chi connectivity index (χ2v) is 4.08. The van der Waals surface area contributed by atoms with E-state index in [1.165, 1.54) is 3.58 Å². The average molecular weight is 361 g/mol. The molecule has 56 valence electrons. The van der Waals surface area contributed by atoms with Crippen molar-refractivity contribution < 1.29 is 0 Å². The number of halogens is 2. The van der Waals surface area contributed by atoms with Crippen LogP contribution in [0, 0.1) is 0 Å². The second-order valence-electron chi connectivity index (χ2n) is 1.58. The first kappa shape index (κ1) is 10.5. The van der Waals surface area contributed by atoms with E-state index in [4.69, 9.17) is 5.73 Å². The Kier molecular flexibility index (Phi) is 6.50. The van der Waals surface area contributed by atoms with Crippen molar-refractivity contribution >= 4 is 45.2 Å². The van der Waals surface area contributed by atoms with Gasteiger partial charge >= 0.3 is 0 Å². The highest BCUT2D eigenvalue weighted by Crippen LogP contribution is 2.07. The normalized spacial score (nSPS) is 14.7. The van der Waals surface area contributed by atoms with Crippen LogP contribution in [0.15, 0.2) is 31.6 Å². The summed E-state index contributed by atoms with van der Waals surface area (Å²) in [6, 6.07) is 0. The van der Waals surface area contributed by atoms with Gasteiger partial charge in [0.2, 0.25) is 0 Å². The lowest BCUT2D eigenvalue weighted by Crippen LogP contribution is -1.83. The van der Waals surface area contributed by atoms with Crippen LogP contribution in [0.2, 0.25) is 0 Å². The zero-order valence-electron chi connectivity index (χ0n) is 5.64. The molecule has 0 heterocycles. The summed E-state index contributed by atoms with van der Waals surface area (Å²) < 4.78 is 2.01. The molecule has 0 aromatic heterocycles. The lowest BCUT2D eigenvalue weighted by atomic mass is 10.4. The Morgan fingerprint density at radius 2 is 2.00 bits per heavy atom. The molecule has 0 bridgehead atoms. The maximum Gasteiger partial charge on any atom is 0.0705 e. The van der Waals surface area contributed by atoms with Crippen molar-refractivity contribution in [1.82, 2.24) is 0 Å². The van der Waals surface area contributed by atoms with Gasteiger partial charge in [0.05, 0.1) is 3.70 Å². The van der Waals surface area contributed by atoms with Crippen LogP contribution in [0.5, 0.6) is 0 Å². The van der Waals surface area contributed by atoms with Gasteiger partial charge in [-0.05, 0) is 64.3 Å². The topological polar surface area (TPSA) is 26.0 Å². The van der Waals surface area contributed by atoms with Crippen molar-refractivity contribution in [1.29, 1.82) is 0 Å². The quantitative estimate of drug-likeness (QED) is 0.457. The van der Waals surface area contributed by atoms with Crippen molar-refractivity contribution in [3.05, 3.63) is 31.6 Å². The van der Waals surface area contributed by atoms with E-state index in [9.17, 15) is 0 Å². The van der Waals surface area contributed by atoms with Crippen LogP contribution in [0.25, 0.3) is 0 Å². The molecule has 0 unspecified atom stereocenters. The van der Waals surface area contributed by atoms with Gasteiger partial charge in [0.1, 0.15) is 0 Å². The van der Waals surface area contributed by atoms with E-state index < -0.39 is 0 Å². The molecule has 2 N–H and O–H groups in total. The fourth-order valence-corrected chi connectivity index (χ4v) is 0.743. The molecule has 0 spiro atoms. The highest BCUT2D eigenvalue weighted by atomic mass is 127. The number of rotatable bonds is 2. The van der Waals surface area contributed by atoms with Crippen LogP contribution >= 0.6 is 45.2 Å². The van der Waals surface area contributed by atoms with Gasteiger partial charge in [0, 0.05) is 3.58 Å². The first-order valence-electron chi connectivity index (χ1n) is 2.78. The van der Waals surface area contributed by atoms with Gasteiger partial charge in [0.15, 0.2) is 0 Å². The number of allylic oxidation sites excluding steroid dienone is 5. The van der Waals surface area contributed by atoms with Crippen LogP contribution < -0.4 is 5.73 Å². The molecule has 0 fully saturated rings. The highest BCUT2D eigenvalue weighted by Gasteiger charge is 1.77. The summed E-state index contributed by atoms with van der Waals surface area (Å²) in [5.74, 6) is 0. The third kappa shape index (κ3) is 6.60. The van der Waals surface area contributed by atoms with Crippen LogP contribution in [0.3, 0.4) is 0 Å². The van der Waals surface area contributed by atoms with Crippen LogP contribution in [0.4, 0.5) is 0 Å². The van der Waals surface area contributed by atoms with Crippen molar-refractivity contribution in [2.75, 3.05) is 0 Å². The molecule has 0 rings (SSSR count). The van der Waals surface area contributed by atoms with Crippen molar-refractivity contribution in [3.63, 3.8) is 0 Å². The summed E-state index contributed by atoms with van der Waals surface area (Å²) in [6.45, 7) is 2.00. The molecule has 10 heavy (non-hydrogen) atoms. The van der Waals surface area contributed by atoms with E-state index in [0.717, 1.165) is 3.70 Å².